The first-order valence-corrected chi connectivity index (χ1v) is 9.70. The third kappa shape index (κ3) is 2.93. The van der Waals surface area contributed by atoms with Gasteiger partial charge in [-0.15, -0.1) is 0 Å². The summed E-state index contributed by atoms with van der Waals surface area (Å²) in [4.78, 5) is 14.4. The maximum Gasteiger partial charge on any atom is 0.199 e. The monoisotopic (exact) mass is 416 g/mol. The molecule has 148 valence electrons. The van der Waals surface area contributed by atoms with E-state index in [1.807, 2.05) is 71.3 Å². The zero-order valence-electron chi connectivity index (χ0n) is 16.3. The molecule has 0 unspecified atom stereocenters. The number of halogens is 1. The summed E-state index contributed by atoms with van der Waals surface area (Å²) < 4.78 is 12.8. The van der Waals surface area contributed by atoms with Crippen LogP contribution in [0.5, 0.6) is 11.5 Å². The second-order valence-electron chi connectivity index (χ2n) is 6.65. The second-order valence-corrected chi connectivity index (χ2v) is 7.06. The summed E-state index contributed by atoms with van der Waals surface area (Å²) in [5.41, 5.74) is 4.35. The molecule has 0 aliphatic heterocycles. The van der Waals surface area contributed by atoms with Gasteiger partial charge in [-0.3, -0.25) is 4.57 Å². The quantitative estimate of drug-likeness (QED) is 0.397. The number of rotatable bonds is 4. The number of para-hydroxylation sites is 2. The third-order valence-corrected chi connectivity index (χ3v) is 5.24. The fourth-order valence-corrected chi connectivity index (χ4v) is 3.71. The Morgan fingerprint density at radius 1 is 0.767 bits per heavy atom. The highest BCUT2D eigenvalue weighted by molar-refractivity contribution is 6.33. The van der Waals surface area contributed by atoms with Gasteiger partial charge < -0.3 is 9.47 Å². The van der Waals surface area contributed by atoms with Gasteiger partial charge in [-0.1, -0.05) is 35.9 Å². The van der Waals surface area contributed by atoms with Crippen molar-refractivity contribution in [3.63, 3.8) is 0 Å². The van der Waals surface area contributed by atoms with Crippen LogP contribution < -0.4 is 9.47 Å². The van der Waals surface area contributed by atoms with Gasteiger partial charge in [0.25, 0.3) is 0 Å². The van der Waals surface area contributed by atoms with Gasteiger partial charge in [0.2, 0.25) is 0 Å². The van der Waals surface area contributed by atoms with Crippen molar-refractivity contribution in [1.29, 1.82) is 0 Å². The number of hydrogen-bond acceptors (Lipinski definition) is 5. The van der Waals surface area contributed by atoms with Crippen molar-refractivity contribution in [3.05, 3.63) is 71.8 Å². The van der Waals surface area contributed by atoms with Gasteiger partial charge in [-0.05, 0) is 36.4 Å². The number of benzene rings is 3. The Morgan fingerprint density at radius 2 is 1.47 bits per heavy atom. The van der Waals surface area contributed by atoms with Crippen LogP contribution in [0, 0.1) is 0 Å². The van der Waals surface area contributed by atoms with E-state index in [1.54, 1.807) is 14.2 Å². The lowest BCUT2D eigenvalue weighted by atomic mass is 10.2. The van der Waals surface area contributed by atoms with Gasteiger partial charge in [0.05, 0.1) is 36.0 Å². The van der Waals surface area contributed by atoms with Gasteiger partial charge >= 0.3 is 0 Å². The van der Waals surface area contributed by atoms with E-state index in [0.29, 0.717) is 33.6 Å². The Bertz CT molecular complexity index is 1400. The summed E-state index contributed by atoms with van der Waals surface area (Å²) >= 11 is 6.52. The van der Waals surface area contributed by atoms with Crippen LogP contribution in [-0.4, -0.2) is 33.7 Å². The lowest BCUT2D eigenvalue weighted by molar-refractivity contribution is 0.355. The van der Waals surface area contributed by atoms with Crippen LogP contribution in [0.2, 0.25) is 5.02 Å². The summed E-state index contributed by atoms with van der Waals surface area (Å²) in [7, 11) is 3.22. The van der Waals surface area contributed by atoms with Gasteiger partial charge in [-0.2, -0.15) is 0 Å². The number of fused-ring (bicyclic) bond motifs is 2. The maximum atomic E-state index is 6.52. The molecule has 0 spiro atoms. The Kier molecular flexibility index (Phi) is 4.48. The van der Waals surface area contributed by atoms with Gasteiger partial charge in [0, 0.05) is 11.6 Å². The van der Waals surface area contributed by atoms with E-state index in [9.17, 15) is 0 Å². The minimum Gasteiger partial charge on any atom is -0.493 e. The molecule has 30 heavy (non-hydrogen) atoms. The van der Waals surface area contributed by atoms with E-state index in [0.717, 1.165) is 22.3 Å². The molecule has 5 aromatic rings. The molecule has 2 aromatic heterocycles. The minimum absolute atomic E-state index is 0.540. The molecule has 0 saturated carbocycles. The van der Waals surface area contributed by atoms with E-state index in [1.165, 1.54) is 0 Å². The first kappa shape index (κ1) is 18.4. The molecule has 0 saturated heterocycles. The van der Waals surface area contributed by atoms with Crippen LogP contribution in [-0.2, 0) is 0 Å². The molecule has 0 aliphatic carbocycles. The topological polar surface area (TPSA) is 62.1 Å². The van der Waals surface area contributed by atoms with E-state index < -0.39 is 0 Å². The van der Waals surface area contributed by atoms with Crippen molar-refractivity contribution in [2.24, 2.45) is 0 Å². The van der Waals surface area contributed by atoms with Crippen LogP contribution in [0.4, 0.5) is 0 Å². The Labute approximate surface area is 177 Å². The van der Waals surface area contributed by atoms with Crippen LogP contribution in [0.1, 0.15) is 0 Å². The average molecular weight is 417 g/mol. The molecule has 3 aromatic carbocycles. The Hall–Kier alpha value is -3.64. The van der Waals surface area contributed by atoms with Gasteiger partial charge in [0.1, 0.15) is 5.82 Å². The number of nitrogens with zero attached hydrogens (tertiary/aromatic N) is 4. The van der Waals surface area contributed by atoms with E-state index in [-0.39, 0.29) is 0 Å². The van der Waals surface area contributed by atoms with Crippen LogP contribution in [0.15, 0.2) is 66.7 Å². The first-order valence-electron chi connectivity index (χ1n) is 9.32. The average Bonchev–Trinajstić information content (AvgIpc) is 3.15. The molecule has 7 heteroatoms. The maximum absolute atomic E-state index is 6.52. The lowest BCUT2D eigenvalue weighted by Gasteiger charge is -2.13. The van der Waals surface area contributed by atoms with E-state index in [4.69, 9.17) is 36.0 Å². The lowest BCUT2D eigenvalue weighted by Crippen LogP contribution is -2.01. The molecular formula is C23H17ClN4O2. The predicted octanol–water partition coefficient (Wildman–Crippen LogP) is 5.31. The molecule has 0 N–H and O–H groups in total. The number of methoxy groups -OCH3 is 2. The van der Waals surface area contributed by atoms with Crippen molar-refractivity contribution >= 4 is 33.9 Å². The number of hydrogen-bond donors (Lipinski definition) is 0. The van der Waals surface area contributed by atoms with Gasteiger partial charge in [0.15, 0.2) is 22.8 Å². The summed E-state index contributed by atoms with van der Waals surface area (Å²) in [5, 5.41) is 0.596. The smallest absolute Gasteiger partial charge is 0.199 e. The summed E-state index contributed by atoms with van der Waals surface area (Å²) in [6.45, 7) is 0. The molecule has 2 heterocycles. The fraction of sp³-hybridized carbons (Fsp3) is 0.0870. The molecule has 6 nitrogen and oxygen atoms in total. The first-order chi connectivity index (χ1) is 14.7. The number of aromatic nitrogens is 4. The number of imidazole rings is 1. The molecule has 0 aliphatic rings. The van der Waals surface area contributed by atoms with Crippen LogP contribution in [0.3, 0.4) is 0 Å². The third-order valence-electron chi connectivity index (χ3n) is 4.91. The highest BCUT2D eigenvalue weighted by atomic mass is 35.5. The highest BCUT2D eigenvalue weighted by Gasteiger charge is 2.20. The SMILES string of the molecule is COc1ccc(-n2c(-c3ccccc3Cl)nc3nc4ccccc4nc32)cc1OC. The summed E-state index contributed by atoms with van der Waals surface area (Å²) in [5.74, 6) is 1.90. The van der Waals surface area contributed by atoms with Crippen molar-refractivity contribution in [3.8, 4) is 28.6 Å². The highest BCUT2D eigenvalue weighted by Crippen LogP contribution is 2.35. The fourth-order valence-electron chi connectivity index (χ4n) is 3.49. The molecule has 0 bridgehead atoms. The zero-order chi connectivity index (χ0) is 20.7. The summed E-state index contributed by atoms with van der Waals surface area (Å²) in [6, 6.07) is 21.0. The Balaban J connectivity index is 1.87. The van der Waals surface area contributed by atoms with Crippen LogP contribution >= 0.6 is 11.6 Å². The molecule has 0 amide bonds. The molecule has 5 rings (SSSR count). The van der Waals surface area contributed by atoms with E-state index >= 15 is 0 Å². The molecule has 0 radical (unpaired) electrons. The van der Waals surface area contributed by atoms with E-state index in [2.05, 4.69) is 0 Å². The largest absolute Gasteiger partial charge is 0.493 e. The zero-order valence-corrected chi connectivity index (χ0v) is 17.1. The molecular weight excluding hydrogens is 400 g/mol. The number of ether oxygens (including phenoxy) is 2. The summed E-state index contributed by atoms with van der Waals surface area (Å²) in [6.07, 6.45) is 0. The van der Waals surface area contributed by atoms with Crippen LogP contribution in [0.25, 0.3) is 39.4 Å². The standard InChI is InChI=1S/C23H17ClN4O2/c1-29-19-12-11-14(13-20(19)30-2)28-22(15-7-3-4-8-16(15)24)27-21-23(28)26-18-10-6-5-9-17(18)25-21/h3-13H,1-2H3. The van der Waals surface area contributed by atoms with Gasteiger partial charge in [-0.25, -0.2) is 15.0 Å². The Morgan fingerprint density at radius 3 is 2.20 bits per heavy atom. The molecule has 0 fully saturated rings. The molecule has 0 atom stereocenters. The second kappa shape index (κ2) is 7.31. The van der Waals surface area contributed by atoms with Crippen molar-refractivity contribution in [1.82, 2.24) is 19.5 Å². The van der Waals surface area contributed by atoms with Crippen molar-refractivity contribution in [2.45, 2.75) is 0 Å². The van der Waals surface area contributed by atoms with Crippen molar-refractivity contribution in [2.75, 3.05) is 14.2 Å². The minimum atomic E-state index is 0.540. The normalized spacial score (nSPS) is 11.2. The van der Waals surface area contributed by atoms with Crippen molar-refractivity contribution < 1.29 is 9.47 Å². The predicted molar refractivity (Wildman–Crippen MR) is 118 cm³/mol.